The Morgan fingerprint density at radius 2 is 1.79 bits per heavy atom. The van der Waals surface area contributed by atoms with Crippen LogP contribution in [0.1, 0.15) is 42.8 Å². The molecule has 28 heavy (non-hydrogen) atoms. The normalized spacial score (nSPS) is 17.4. The van der Waals surface area contributed by atoms with Crippen LogP contribution in [0.2, 0.25) is 0 Å². The number of aryl methyl sites for hydroxylation is 3. The van der Waals surface area contributed by atoms with Gasteiger partial charge in [0, 0.05) is 38.1 Å². The largest absolute Gasteiger partial charge is 0.477 e. The molecule has 0 aromatic carbocycles. The molecule has 0 atom stereocenters. The number of rotatable bonds is 7. The van der Waals surface area contributed by atoms with Crippen LogP contribution in [-0.2, 0) is 12.8 Å². The van der Waals surface area contributed by atoms with Crippen LogP contribution < -0.4 is 9.64 Å². The highest BCUT2D eigenvalue weighted by atomic mass is 16.5. The highest BCUT2D eigenvalue weighted by Gasteiger charge is 2.18. The fourth-order valence-corrected chi connectivity index (χ4v) is 3.87. The lowest BCUT2D eigenvalue weighted by Crippen LogP contribution is -2.47. The molecule has 1 aliphatic heterocycles. The van der Waals surface area contributed by atoms with Crippen LogP contribution in [0.3, 0.4) is 0 Å². The van der Waals surface area contributed by atoms with Gasteiger partial charge in [0.25, 0.3) is 0 Å². The molecule has 1 fully saturated rings. The zero-order valence-electron chi connectivity index (χ0n) is 16.8. The minimum Gasteiger partial charge on any atom is -0.477 e. The third-order valence-electron chi connectivity index (χ3n) is 5.54. The summed E-state index contributed by atoms with van der Waals surface area (Å²) < 4.78 is 5.83. The molecule has 1 aliphatic carbocycles. The quantitative estimate of drug-likeness (QED) is 0.681. The molecule has 0 N–H and O–H groups in total. The van der Waals surface area contributed by atoms with Crippen LogP contribution in [0.5, 0.6) is 5.88 Å². The maximum atomic E-state index is 5.83. The molecule has 2 aromatic heterocycles. The Morgan fingerprint density at radius 1 is 0.964 bits per heavy atom. The summed E-state index contributed by atoms with van der Waals surface area (Å²) in [6, 6.07) is 1.94. The number of anilines is 1. The number of piperazine rings is 1. The second-order valence-electron chi connectivity index (χ2n) is 7.69. The van der Waals surface area contributed by atoms with E-state index in [0.717, 1.165) is 81.4 Å². The van der Waals surface area contributed by atoms with Crippen molar-refractivity contribution in [2.45, 2.75) is 45.4 Å². The van der Waals surface area contributed by atoms with Crippen molar-refractivity contribution in [3.8, 4) is 5.88 Å². The summed E-state index contributed by atoms with van der Waals surface area (Å²) in [7, 11) is 0. The Hall–Kier alpha value is -2.28. The first-order chi connectivity index (χ1) is 13.8. The Labute approximate surface area is 167 Å². The van der Waals surface area contributed by atoms with Crippen LogP contribution in [0.4, 0.5) is 5.95 Å². The average molecular weight is 383 g/mol. The monoisotopic (exact) mass is 382 g/mol. The molecule has 150 valence electrons. The summed E-state index contributed by atoms with van der Waals surface area (Å²) in [5.74, 6) is 1.55. The van der Waals surface area contributed by atoms with Gasteiger partial charge in [-0.2, -0.15) is 0 Å². The van der Waals surface area contributed by atoms with Crippen molar-refractivity contribution in [1.82, 2.24) is 24.8 Å². The first-order valence-corrected chi connectivity index (χ1v) is 10.5. The Kier molecular flexibility index (Phi) is 6.31. The fraction of sp³-hybridized carbons (Fsp3) is 0.619. The van der Waals surface area contributed by atoms with Crippen molar-refractivity contribution >= 4 is 5.95 Å². The minimum atomic E-state index is 0.687. The number of fused-ring (bicyclic) bond motifs is 1. The number of unbranched alkanes of at least 4 members (excludes halogenated alkanes) is 1. The summed E-state index contributed by atoms with van der Waals surface area (Å²) in [6.07, 6.45) is 10.4. The van der Waals surface area contributed by atoms with E-state index < -0.39 is 0 Å². The maximum absolute atomic E-state index is 5.83. The summed E-state index contributed by atoms with van der Waals surface area (Å²) >= 11 is 0. The zero-order chi connectivity index (χ0) is 19.2. The van der Waals surface area contributed by atoms with Gasteiger partial charge in [-0.1, -0.05) is 0 Å². The lowest BCUT2D eigenvalue weighted by molar-refractivity contribution is 0.235. The molecular weight excluding hydrogens is 352 g/mol. The van der Waals surface area contributed by atoms with E-state index in [-0.39, 0.29) is 0 Å². The summed E-state index contributed by atoms with van der Waals surface area (Å²) in [5.41, 5.74) is 3.32. The SMILES string of the molecule is Cc1ccnc(N2CCN(CCCCOc3cnc4c(n3)CCCC4)CC2)n1. The van der Waals surface area contributed by atoms with E-state index in [2.05, 4.69) is 29.7 Å². The number of nitrogens with zero attached hydrogens (tertiary/aromatic N) is 6. The molecule has 7 heteroatoms. The molecule has 0 bridgehead atoms. The first-order valence-electron chi connectivity index (χ1n) is 10.5. The second-order valence-corrected chi connectivity index (χ2v) is 7.69. The predicted octanol–water partition coefficient (Wildman–Crippen LogP) is 2.44. The van der Waals surface area contributed by atoms with Crippen molar-refractivity contribution in [1.29, 1.82) is 0 Å². The van der Waals surface area contributed by atoms with Crippen LogP contribution in [0.15, 0.2) is 18.5 Å². The van der Waals surface area contributed by atoms with E-state index in [9.17, 15) is 0 Å². The Bertz CT molecular complexity index is 775. The third-order valence-corrected chi connectivity index (χ3v) is 5.54. The smallest absolute Gasteiger partial charge is 0.232 e. The third kappa shape index (κ3) is 4.95. The van der Waals surface area contributed by atoms with E-state index in [1.54, 1.807) is 6.20 Å². The molecule has 7 nitrogen and oxygen atoms in total. The molecule has 2 aliphatic rings. The van der Waals surface area contributed by atoms with Crippen LogP contribution >= 0.6 is 0 Å². The molecule has 0 unspecified atom stereocenters. The molecule has 0 saturated carbocycles. The van der Waals surface area contributed by atoms with Gasteiger partial charge < -0.3 is 9.64 Å². The molecule has 3 heterocycles. The lowest BCUT2D eigenvalue weighted by atomic mass is 10.0. The summed E-state index contributed by atoms with van der Waals surface area (Å²) in [5, 5.41) is 0. The zero-order valence-corrected chi connectivity index (χ0v) is 16.8. The molecular formula is C21H30N6O. The standard InChI is InChI=1S/C21H30N6O/c1-17-8-9-22-21(24-17)27-13-11-26(12-14-27)10-4-5-15-28-20-16-23-18-6-2-3-7-19(18)25-20/h8-9,16H,2-7,10-15H2,1H3. The summed E-state index contributed by atoms with van der Waals surface area (Å²) in [6.45, 7) is 7.95. The molecule has 0 spiro atoms. The number of ether oxygens (including phenoxy) is 1. The van der Waals surface area contributed by atoms with Gasteiger partial charge in [0.15, 0.2) is 0 Å². The lowest BCUT2D eigenvalue weighted by Gasteiger charge is -2.34. The van der Waals surface area contributed by atoms with Gasteiger partial charge in [0.1, 0.15) is 0 Å². The molecule has 0 amide bonds. The van der Waals surface area contributed by atoms with Gasteiger partial charge >= 0.3 is 0 Å². The van der Waals surface area contributed by atoms with Crippen molar-refractivity contribution in [2.75, 3.05) is 44.2 Å². The van der Waals surface area contributed by atoms with Crippen LogP contribution in [0.25, 0.3) is 0 Å². The van der Waals surface area contributed by atoms with Gasteiger partial charge in [0.05, 0.1) is 24.2 Å². The van der Waals surface area contributed by atoms with E-state index in [0.29, 0.717) is 12.5 Å². The topological polar surface area (TPSA) is 67.3 Å². The maximum Gasteiger partial charge on any atom is 0.232 e. The molecule has 0 radical (unpaired) electrons. The Morgan fingerprint density at radius 3 is 2.61 bits per heavy atom. The van der Waals surface area contributed by atoms with Gasteiger partial charge in [-0.05, 0) is 58.1 Å². The van der Waals surface area contributed by atoms with Crippen LogP contribution in [-0.4, -0.2) is 64.2 Å². The number of aromatic nitrogens is 4. The molecule has 1 saturated heterocycles. The fourth-order valence-electron chi connectivity index (χ4n) is 3.87. The highest BCUT2D eigenvalue weighted by Crippen LogP contribution is 2.19. The molecule has 2 aromatic rings. The van der Waals surface area contributed by atoms with Crippen molar-refractivity contribution in [3.05, 3.63) is 35.5 Å². The highest BCUT2D eigenvalue weighted by molar-refractivity contribution is 5.30. The van der Waals surface area contributed by atoms with Gasteiger partial charge in [-0.3, -0.25) is 9.88 Å². The average Bonchev–Trinajstić information content (AvgIpc) is 2.74. The van der Waals surface area contributed by atoms with E-state index in [1.165, 1.54) is 12.8 Å². The van der Waals surface area contributed by atoms with Crippen molar-refractivity contribution in [3.63, 3.8) is 0 Å². The van der Waals surface area contributed by atoms with E-state index in [1.807, 2.05) is 19.2 Å². The van der Waals surface area contributed by atoms with Crippen molar-refractivity contribution in [2.24, 2.45) is 0 Å². The van der Waals surface area contributed by atoms with E-state index >= 15 is 0 Å². The number of hydrogen-bond donors (Lipinski definition) is 0. The van der Waals surface area contributed by atoms with E-state index in [4.69, 9.17) is 4.74 Å². The predicted molar refractivity (Wildman–Crippen MR) is 109 cm³/mol. The summed E-state index contributed by atoms with van der Waals surface area (Å²) in [4.78, 5) is 22.9. The van der Waals surface area contributed by atoms with Gasteiger partial charge in [-0.25, -0.2) is 15.0 Å². The van der Waals surface area contributed by atoms with Crippen LogP contribution in [0, 0.1) is 6.92 Å². The number of hydrogen-bond acceptors (Lipinski definition) is 7. The van der Waals surface area contributed by atoms with Crippen molar-refractivity contribution < 1.29 is 4.74 Å². The van der Waals surface area contributed by atoms with Gasteiger partial charge in [0.2, 0.25) is 11.8 Å². The first kappa shape index (κ1) is 19.1. The van der Waals surface area contributed by atoms with Gasteiger partial charge in [-0.15, -0.1) is 0 Å². The second kappa shape index (κ2) is 9.28. The minimum absolute atomic E-state index is 0.687. The molecule has 4 rings (SSSR count). The Balaban J connectivity index is 1.13.